The molecule has 0 aliphatic rings. The molecule has 0 aliphatic heterocycles. The predicted molar refractivity (Wildman–Crippen MR) is 75.6 cm³/mol. The third kappa shape index (κ3) is 4.83. The average Bonchev–Trinajstić information content (AvgIpc) is 2.45. The number of nitrogens with two attached hydrogens (primary N) is 1. The molecule has 1 aromatic rings. The highest BCUT2D eigenvalue weighted by atomic mass is 16.2. The molecule has 3 unspecified atom stereocenters. The van der Waals surface area contributed by atoms with E-state index in [4.69, 9.17) is 5.73 Å². The first kappa shape index (κ1) is 15.4. The second-order valence-electron chi connectivity index (χ2n) is 4.85. The maximum atomic E-state index is 11.9. The van der Waals surface area contributed by atoms with Gasteiger partial charge in [-0.25, -0.2) is 0 Å². The molecular formula is C15H22N2O2. The van der Waals surface area contributed by atoms with Gasteiger partial charge in [-0.05, 0) is 17.9 Å². The van der Waals surface area contributed by atoms with Crippen LogP contribution in [0.2, 0.25) is 0 Å². The van der Waals surface area contributed by atoms with Crippen LogP contribution in [-0.2, 0) is 16.0 Å². The summed E-state index contributed by atoms with van der Waals surface area (Å²) in [5, 5.41) is 2.70. The molecule has 0 spiro atoms. The summed E-state index contributed by atoms with van der Waals surface area (Å²) in [5.74, 6) is -0.161. The van der Waals surface area contributed by atoms with E-state index < -0.39 is 12.1 Å². The quantitative estimate of drug-likeness (QED) is 0.727. The lowest BCUT2D eigenvalue weighted by Gasteiger charge is -2.20. The number of hydrogen-bond acceptors (Lipinski definition) is 3. The number of aldehydes is 1. The highest BCUT2D eigenvalue weighted by Crippen LogP contribution is 2.06. The Morgan fingerprint density at radius 2 is 2.00 bits per heavy atom. The van der Waals surface area contributed by atoms with Crippen LogP contribution < -0.4 is 11.1 Å². The molecule has 3 atom stereocenters. The van der Waals surface area contributed by atoms with Crippen molar-refractivity contribution in [1.29, 1.82) is 0 Å². The van der Waals surface area contributed by atoms with Gasteiger partial charge in [-0.15, -0.1) is 0 Å². The van der Waals surface area contributed by atoms with Crippen molar-refractivity contribution < 1.29 is 9.59 Å². The second-order valence-corrected chi connectivity index (χ2v) is 4.85. The fourth-order valence-electron chi connectivity index (χ4n) is 1.79. The van der Waals surface area contributed by atoms with Crippen LogP contribution in [0.15, 0.2) is 30.3 Å². The Hall–Kier alpha value is -1.68. The highest BCUT2D eigenvalue weighted by molar-refractivity contribution is 5.84. The molecule has 0 fully saturated rings. The second kappa shape index (κ2) is 7.69. The van der Waals surface area contributed by atoms with Gasteiger partial charge in [-0.1, -0.05) is 50.6 Å². The molecule has 3 N–H and O–H groups in total. The summed E-state index contributed by atoms with van der Waals surface area (Å²) in [6, 6.07) is 8.49. The van der Waals surface area contributed by atoms with E-state index in [0.29, 0.717) is 6.42 Å². The van der Waals surface area contributed by atoms with E-state index in [9.17, 15) is 9.59 Å². The van der Waals surface area contributed by atoms with Crippen LogP contribution in [0.5, 0.6) is 0 Å². The first-order chi connectivity index (χ1) is 9.08. The van der Waals surface area contributed by atoms with Crippen LogP contribution in [0.3, 0.4) is 0 Å². The average molecular weight is 262 g/mol. The third-order valence-electron chi connectivity index (χ3n) is 3.35. The Balaban J connectivity index is 2.57. The minimum absolute atomic E-state index is 0.101. The lowest BCUT2D eigenvalue weighted by atomic mass is 9.98. The predicted octanol–water partition coefficient (Wildman–Crippen LogP) is 1.29. The Bertz CT molecular complexity index is 406. The maximum absolute atomic E-state index is 11.9. The van der Waals surface area contributed by atoms with Crippen molar-refractivity contribution in [2.75, 3.05) is 0 Å². The van der Waals surface area contributed by atoms with Crippen LogP contribution in [0.4, 0.5) is 0 Å². The van der Waals surface area contributed by atoms with Gasteiger partial charge in [0.2, 0.25) is 5.91 Å². The molecule has 0 bridgehead atoms. The number of amides is 1. The zero-order chi connectivity index (χ0) is 14.3. The minimum Gasteiger partial charge on any atom is -0.345 e. The van der Waals surface area contributed by atoms with Gasteiger partial charge in [-0.2, -0.15) is 0 Å². The topological polar surface area (TPSA) is 72.2 Å². The third-order valence-corrected chi connectivity index (χ3v) is 3.35. The van der Waals surface area contributed by atoms with Gasteiger partial charge in [0, 0.05) is 0 Å². The van der Waals surface area contributed by atoms with Crippen molar-refractivity contribution in [1.82, 2.24) is 5.32 Å². The molecular weight excluding hydrogens is 240 g/mol. The molecule has 1 amide bonds. The normalized spacial score (nSPS) is 15.3. The standard InChI is InChI=1S/C15H22N2O2/c1-3-11(2)14(16)15(19)17-13(10-18)9-12-7-5-4-6-8-12/h4-8,10-11,13-14H,3,9,16H2,1-2H3,(H,17,19). The number of carbonyl (C=O) groups excluding carboxylic acids is 2. The van der Waals surface area contributed by atoms with E-state index in [1.165, 1.54) is 0 Å². The summed E-state index contributed by atoms with van der Waals surface area (Å²) >= 11 is 0. The lowest BCUT2D eigenvalue weighted by molar-refractivity contribution is -0.126. The van der Waals surface area contributed by atoms with Gasteiger partial charge < -0.3 is 15.8 Å². The number of hydrogen-bond donors (Lipinski definition) is 2. The first-order valence-corrected chi connectivity index (χ1v) is 6.63. The van der Waals surface area contributed by atoms with Gasteiger partial charge in [0.15, 0.2) is 0 Å². The molecule has 0 aromatic heterocycles. The fraction of sp³-hybridized carbons (Fsp3) is 0.467. The minimum atomic E-state index is -0.566. The van der Waals surface area contributed by atoms with Crippen LogP contribution in [0, 0.1) is 5.92 Å². The van der Waals surface area contributed by atoms with Crippen molar-refractivity contribution in [2.45, 2.75) is 38.8 Å². The zero-order valence-corrected chi connectivity index (χ0v) is 11.5. The van der Waals surface area contributed by atoms with E-state index in [-0.39, 0.29) is 11.8 Å². The van der Waals surface area contributed by atoms with Gasteiger partial charge in [0.25, 0.3) is 0 Å². The Labute approximate surface area is 114 Å². The first-order valence-electron chi connectivity index (χ1n) is 6.63. The van der Waals surface area contributed by atoms with Crippen molar-refractivity contribution in [3.63, 3.8) is 0 Å². The molecule has 1 rings (SSSR count). The van der Waals surface area contributed by atoms with Gasteiger partial charge in [0.05, 0.1) is 12.1 Å². The molecule has 1 aromatic carbocycles. The van der Waals surface area contributed by atoms with Crippen molar-refractivity contribution in [3.05, 3.63) is 35.9 Å². The van der Waals surface area contributed by atoms with Crippen LogP contribution in [0.1, 0.15) is 25.8 Å². The smallest absolute Gasteiger partial charge is 0.237 e. The van der Waals surface area contributed by atoms with Gasteiger partial charge >= 0.3 is 0 Å². The highest BCUT2D eigenvalue weighted by Gasteiger charge is 2.22. The van der Waals surface area contributed by atoms with Crippen LogP contribution >= 0.6 is 0 Å². The summed E-state index contributed by atoms with van der Waals surface area (Å²) in [5.41, 5.74) is 6.85. The summed E-state index contributed by atoms with van der Waals surface area (Å²) in [6.45, 7) is 3.91. The molecule has 4 heteroatoms. The maximum Gasteiger partial charge on any atom is 0.237 e. The molecule has 4 nitrogen and oxygen atoms in total. The largest absolute Gasteiger partial charge is 0.345 e. The summed E-state index contributed by atoms with van der Waals surface area (Å²) < 4.78 is 0. The monoisotopic (exact) mass is 262 g/mol. The number of carbonyl (C=O) groups is 2. The Kier molecular flexibility index (Phi) is 6.22. The molecule has 0 saturated heterocycles. The van der Waals surface area contributed by atoms with Gasteiger partial charge in [-0.3, -0.25) is 4.79 Å². The van der Waals surface area contributed by atoms with E-state index in [1.807, 2.05) is 44.2 Å². The number of rotatable bonds is 7. The van der Waals surface area contributed by atoms with Crippen molar-refractivity contribution in [2.24, 2.45) is 11.7 Å². The Morgan fingerprint density at radius 3 is 2.53 bits per heavy atom. The number of benzene rings is 1. The van der Waals surface area contributed by atoms with Crippen LogP contribution in [0.25, 0.3) is 0 Å². The SMILES string of the molecule is CCC(C)C(N)C(=O)NC(C=O)Cc1ccccc1. The van der Waals surface area contributed by atoms with Crippen molar-refractivity contribution in [3.8, 4) is 0 Å². The molecule has 0 saturated carbocycles. The van der Waals surface area contributed by atoms with Crippen LogP contribution in [-0.4, -0.2) is 24.3 Å². The van der Waals surface area contributed by atoms with Gasteiger partial charge in [0.1, 0.15) is 6.29 Å². The van der Waals surface area contributed by atoms with E-state index >= 15 is 0 Å². The van der Waals surface area contributed by atoms with E-state index in [1.54, 1.807) is 0 Å². The molecule has 0 radical (unpaired) electrons. The van der Waals surface area contributed by atoms with Crippen molar-refractivity contribution >= 4 is 12.2 Å². The lowest BCUT2D eigenvalue weighted by Crippen LogP contribution is -2.49. The molecule has 0 aliphatic carbocycles. The molecule has 19 heavy (non-hydrogen) atoms. The summed E-state index contributed by atoms with van der Waals surface area (Å²) in [6.07, 6.45) is 2.08. The van der Waals surface area contributed by atoms with E-state index in [0.717, 1.165) is 18.3 Å². The Morgan fingerprint density at radius 1 is 1.37 bits per heavy atom. The fourth-order valence-corrected chi connectivity index (χ4v) is 1.79. The zero-order valence-electron chi connectivity index (χ0n) is 11.5. The molecule has 0 heterocycles. The van der Waals surface area contributed by atoms with E-state index in [2.05, 4.69) is 5.32 Å². The molecule has 104 valence electrons. The summed E-state index contributed by atoms with van der Waals surface area (Å²) in [4.78, 5) is 23.0. The number of nitrogens with one attached hydrogen (secondary N) is 1. The summed E-state index contributed by atoms with van der Waals surface area (Å²) in [7, 11) is 0.